The highest BCUT2D eigenvalue weighted by atomic mass is 16.5. The number of hydrogen-bond acceptors (Lipinski definition) is 7. The average molecular weight is 378 g/mol. The van der Waals surface area contributed by atoms with Gasteiger partial charge in [-0.05, 0) is 24.3 Å². The molecule has 2 N–H and O–H groups in total. The lowest BCUT2D eigenvalue weighted by Gasteiger charge is -2.27. The van der Waals surface area contributed by atoms with Gasteiger partial charge in [0, 0.05) is 36.5 Å². The third-order valence-corrected chi connectivity index (χ3v) is 4.49. The minimum atomic E-state index is 0.200. The molecular formula is C21H22N4O3. The second kappa shape index (κ2) is 8.14. The van der Waals surface area contributed by atoms with E-state index in [1.807, 2.05) is 36.4 Å². The van der Waals surface area contributed by atoms with E-state index in [9.17, 15) is 5.11 Å². The van der Waals surface area contributed by atoms with E-state index in [-0.39, 0.29) is 5.75 Å². The van der Waals surface area contributed by atoms with Crippen LogP contribution in [0, 0.1) is 0 Å². The van der Waals surface area contributed by atoms with Gasteiger partial charge in [-0.3, -0.25) is 0 Å². The number of aromatic nitrogens is 2. The summed E-state index contributed by atoms with van der Waals surface area (Å²) in [5, 5.41) is 13.2. The van der Waals surface area contributed by atoms with Crippen LogP contribution in [-0.2, 0) is 4.74 Å². The van der Waals surface area contributed by atoms with Crippen LogP contribution < -0.4 is 15.0 Å². The van der Waals surface area contributed by atoms with E-state index in [0.29, 0.717) is 25.0 Å². The Morgan fingerprint density at radius 3 is 2.64 bits per heavy atom. The normalized spacial score (nSPS) is 14.0. The van der Waals surface area contributed by atoms with Crippen LogP contribution in [-0.4, -0.2) is 48.5 Å². The Balaban J connectivity index is 1.72. The van der Waals surface area contributed by atoms with Gasteiger partial charge in [0.15, 0.2) is 0 Å². The number of anilines is 3. The molecule has 0 aliphatic carbocycles. The molecule has 1 aliphatic heterocycles. The predicted molar refractivity (Wildman–Crippen MR) is 108 cm³/mol. The van der Waals surface area contributed by atoms with Crippen LogP contribution in [0.4, 0.5) is 17.5 Å². The van der Waals surface area contributed by atoms with Crippen molar-refractivity contribution in [1.82, 2.24) is 9.97 Å². The maximum absolute atomic E-state index is 9.85. The number of morpholine rings is 1. The first kappa shape index (κ1) is 18.1. The van der Waals surface area contributed by atoms with Crippen molar-refractivity contribution in [3.8, 4) is 22.8 Å². The highest BCUT2D eigenvalue weighted by Gasteiger charge is 2.16. The summed E-state index contributed by atoms with van der Waals surface area (Å²) < 4.78 is 10.7. The van der Waals surface area contributed by atoms with Crippen molar-refractivity contribution in [2.45, 2.75) is 0 Å². The number of nitrogens with one attached hydrogen (secondary N) is 1. The molecule has 7 heteroatoms. The molecule has 0 atom stereocenters. The minimum absolute atomic E-state index is 0.200. The maximum Gasteiger partial charge on any atom is 0.228 e. The van der Waals surface area contributed by atoms with Gasteiger partial charge in [0.05, 0.1) is 26.0 Å². The second-order valence-corrected chi connectivity index (χ2v) is 6.45. The molecular weight excluding hydrogens is 356 g/mol. The van der Waals surface area contributed by atoms with Crippen molar-refractivity contribution in [3.63, 3.8) is 0 Å². The number of phenols is 1. The molecule has 0 unspecified atom stereocenters. The molecule has 1 aliphatic rings. The molecule has 2 aromatic carbocycles. The topological polar surface area (TPSA) is 79.7 Å². The SMILES string of the molecule is COc1cccc(Nc2cc(-c3cccc(O)c3)nc(N3CCOCC3)n2)c1. The summed E-state index contributed by atoms with van der Waals surface area (Å²) in [6, 6.07) is 16.6. The van der Waals surface area contributed by atoms with Crippen LogP contribution in [0.25, 0.3) is 11.3 Å². The number of rotatable bonds is 5. The minimum Gasteiger partial charge on any atom is -0.508 e. The summed E-state index contributed by atoms with van der Waals surface area (Å²) in [6.07, 6.45) is 0. The number of ether oxygens (including phenoxy) is 2. The Bertz CT molecular complexity index is 958. The van der Waals surface area contributed by atoms with E-state index in [0.717, 1.165) is 35.8 Å². The highest BCUT2D eigenvalue weighted by molar-refractivity contribution is 5.69. The van der Waals surface area contributed by atoms with Crippen molar-refractivity contribution >= 4 is 17.5 Å². The fourth-order valence-electron chi connectivity index (χ4n) is 3.07. The Kier molecular flexibility index (Phi) is 5.25. The van der Waals surface area contributed by atoms with E-state index < -0.39 is 0 Å². The quantitative estimate of drug-likeness (QED) is 0.704. The van der Waals surface area contributed by atoms with E-state index in [1.165, 1.54) is 0 Å². The molecule has 7 nitrogen and oxygen atoms in total. The fraction of sp³-hybridized carbons (Fsp3) is 0.238. The van der Waals surface area contributed by atoms with E-state index in [1.54, 1.807) is 25.3 Å². The van der Waals surface area contributed by atoms with Crippen LogP contribution in [0.5, 0.6) is 11.5 Å². The summed E-state index contributed by atoms with van der Waals surface area (Å²) in [5.74, 6) is 2.27. The second-order valence-electron chi connectivity index (χ2n) is 6.45. The van der Waals surface area contributed by atoms with Gasteiger partial charge in [0.25, 0.3) is 0 Å². The summed E-state index contributed by atoms with van der Waals surface area (Å²) in [7, 11) is 1.64. The lowest BCUT2D eigenvalue weighted by Crippen LogP contribution is -2.37. The van der Waals surface area contributed by atoms with Crippen molar-refractivity contribution in [1.29, 1.82) is 0 Å². The lowest BCUT2D eigenvalue weighted by molar-refractivity contribution is 0.122. The Morgan fingerprint density at radius 1 is 1.04 bits per heavy atom. The summed E-state index contributed by atoms with van der Waals surface area (Å²) in [4.78, 5) is 11.5. The lowest BCUT2D eigenvalue weighted by atomic mass is 10.1. The molecule has 0 spiro atoms. The summed E-state index contributed by atoms with van der Waals surface area (Å²) in [6.45, 7) is 2.78. The fourth-order valence-corrected chi connectivity index (χ4v) is 3.07. The molecule has 3 aromatic rings. The molecule has 144 valence electrons. The first-order valence-electron chi connectivity index (χ1n) is 9.13. The van der Waals surface area contributed by atoms with Crippen LogP contribution in [0.15, 0.2) is 54.6 Å². The van der Waals surface area contributed by atoms with Gasteiger partial charge in [0.1, 0.15) is 17.3 Å². The molecule has 0 amide bonds. The molecule has 28 heavy (non-hydrogen) atoms. The smallest absolute Gasteiger partial charge is 0.228 e. The number of hydrogen-bond donors (Lipinski definition) is 2. The van der Waals surface area contributed by atoms with Gasteiger partial charge < -0.3 is 24.8 Å². The molecule has 0 bridgehead atoms. The first-order valence-corrected chi connectivity index (χ1v) is 9.13. The highest BCUT2D eigenvalue weighted by Crippen LogP contribution is 2.28. The summed E-state index contributed by atoms with van der Waals surface area (Å²) >= 11 is 0. The van der Waals surface area contributed by atoms with Crippen LogP contribution >= 0.6 is 0 Å². The van der Waals surface area contributed by atoms with Crippen molar-refractivity contribution in [3.05, 3.63) is 54.6 Å². The van der Waals surface area contributed by atoms with Crippen LogP contribution in [0.2, 0.25) is 0 Å². The third-order valence-electron chi connectivity index (χ3n) is 4.49. The Morgan fingerprint density at radius 2 is 1.86 bits per heavy atom. The van der Waals surface area contributed by atoms with E-state index in [2.05, 4.69) is 10.2 Å². The van der Waals surface area contributed by atoms with Gasteiger partial charge in [-0.1, -0.05) is 18.2 Å². The number of nitrogens with zero attached hydrogens (tertiary/aromatic N) is 3. The number of benzene rings is 2. The zero-order valence-electron chi connectivity index (χ0n) is 15.6. The van der Waals surface area contributed by atoms with Crippen LogP contribution in [0.1, 0.15) is 0 Å². The van der Waals surface area contributed by atoms with Gasteiger partial charge in [-0.2, -0.15) is 4.98 Å². The Hall–Kier alpha value is -3.32. The van der Waals surface area contributed by atoms with Gasteiger partial charge >= 0.3 is 0 Å². The maximum atomic E-state index is 9.85. The number of phenolic OH excluding ortho intramolecular Hbond substituents is 1. The van der Waals surface area contributed by atoms with Gasteiger partial charge in [-0.15, -0.1) is 0 Å². The molecule has 1 fully saturated rings. The standard InChI is InChI=1S/C21H22N4O3/c1-27-18-7-3-5-16(13-18)22-20-14-19(15-4-2-6-17(26)12-15)23-21(24-20)25-8-10-28-11-9-25/h2-7,12-14,26H,8-11H2,1H3,(H,22,23,24). The monoisotopic (exact) mass is 378 g/mol. The first-order chi connectivity index (χ1) is 13.7. The molecule has 1 aromatic heterocycles. The van der Waals surface area contributed by atoms with Gasteiger partial charge in [0.2, 0.25) is 5.95 Å². The largest absolute Gasteiger partial charge is 0.508 e. The zero-order chi connectivity index (χ0) is 19.3. The summed E-state index contributed by atoms with van der Waals surface area (Å²) in [5.41, 5.74) is 2.43. The van der Waals surface area contributed by atoms with Gasteiger partial charge in [-0.25, -0.2) is 4.98 Å². The van der Waals surface area contributed by atoms with Crippen LogP contribution in [0.3, 0.4) is 0 Å². The Labute approximate surface area is 163 Å². The van der Waals surface area contributed by atoms with Crippen molar-refractivity contribution in [2.24, 2.45) is 0 Å². The van der Waals surface area contributed by atoms with E-state index in [4.69, 9.17) is 19.4 Å². The number of methoxy groups -OCH3 is 1. The molecule has 2 heterocycles. The molecule has 1 saturated heterocycles. The molecule has 0 radical (unpaired) electrons. The molecule has 4 rings (SSSR count). The van der Waals surface area contributed by atoms with E-state index >= 15 is 0 Å². The molecule has 0 saturated carbocycles. The average Bonchev–Trinajstić information content (AvgIpc) is 2.74. The van der Waals surface area contributed by atoms with Crippen molar-refractivity contribution in [2.75, 3.05) is 43.6 Å². The third kappa shape index (κ3) is 4.15. The zero-order valence-corrected chi connectivity index (χ0v) is 15.6. The van der Waals surface area contributed by atoms with Crippen molar-refractivity contribution < 1.29 is 14.6 Å². The predicted octanol–water partition coefficient (Wildman–Crippen LogP) is 3.44. The number of aromatic hydroxyl groups is 1.